The normalized spacial score (nSPS) is 21.7. The highest BCUT2D eigenvalue weighted by Gasteiger charge is 2.39. The molecule has 1 saturated carbocycles. The van der Waals surface area contributed by atoms with E-state index in [0.717, 1.165) is 42.7 Å². The van der Waals surface area contributed by atoms with Crippen LogP contribution in [-0.2, 0) is 17.2 Å². The maximum absolute atomic E-state index is 6.10. The van der Waals surface area contributed by atoms with E-state index in [1.165, 1.54) is 24.8 Å². The van der Waals surface area contributed by atoms with E-state index in [4.69, 9.17) is 21.3 Å². The molecule has 29 heavy (non-hydrogen) atoms. The van der Waals surface area contributed by atoms with E-state index < -0.39 is 0 Å². The number of hydrogen-bond donors (Lipinski definition) is 1. The summed E-state index contributed by atoms with van der Waals surface area (Å²) in [4.78, 5) is 7.40. The number of halogens is 1. The third kappa shape index (κ3) is 4.43. The summed E-state index contributed by atoms with van der Waals surface area (Å²) in [6.07, 6.45) is 7.56. The molecule has 0 bridgehead atoms. The van der Waals surface area contributed by atoms with Gasteiger partial charge in [0, 0.05) is 42.3 Å². The van der Waals surface area contributed by atoms with E-state index in [1.807, 2.05) is 36.3 Å². The Morgan fingerprint density at radius 3 is 2.76 bits per heavy atom. The van der Waals surface area contributed by atoms with Crippen LogP contribution >= 0.6 is 11.6 Å². The molecule has 1 aromatic heterocycles. The number of benzene rings is 1. The van der Waals surface area contributed by atoms with E-state index in [2.05, 4.69) is 34.4 Å². The Balaban J connectivity index is 1.50. The number of aromatic nitrogens is 2. The van der Waals surface area contributed by atoms with E-state index in [0.29, 0.717) is 6.61 Å². The van der Waals surface area contributed by atoms with Crippen molar-refractivity contribution in [3.63, 3.8) is 0 Å². The number of nitrogens with zero attached hydrogens (tertiary/aromatic N) is 4. The Kier molecular flexibility index (Phi) is 6.11. The lowest BCUT2D eigenvalue weighted by atomic mass is 9.64. The minimum absolute atomic E-state index is 0.0234. The van der Waals surface area contributed by atoms with Gasteiger partial charge in [0.2, 0.25) is 0 Å². The maximum atomic E-state index is 6.10. The van der Waals surface area contributed by atoms with Gasteiger partial charge in [0.15, 0.2) is 5.96 Å². The molecule has 2 heterocycles. The van der Waals surface area contributed by atoms with Crippen molar-refractivity contribution in [3.05, 3.63) is 52.8 Å². The fourth-order valence-corrected chi connectivity index (χ4v) is 4.37. The van der Waals surface area contributed by atoms with Crippen LogP contribution in [0, 0.1) is 0 Å². The van der Waals surface area contributed by atoms with Crippen molar-refractivity contribution in [1.82, 2.24) is 20.0 Å². The second kappa shape index (κ2) is 8.76. The predicted octanol–water partition coefficient (Wildman–Crippen LogP) is 3.53. The molecule has 1 aromatic carbocycles. The van der Waals surface area contributed by atoms with Gasteiger partial charge in [-0.2, -0.15) is 5.10 Å². The molecule has 0 radical (unpaired) electrons. The number of aliphatic imine (C=N–C) groups is 1. The van der Waals surface area contributed by atoms with Crippen LogP contribution in [0.1, 0.15) is 43.4 Å². The van der Waals surface area contributed by atoms with Crippen molar-refractivity contribution >= 4 is 17.6 Å². The first-order valence-corrected chi connectivity index (χ1v) is 10.9. The first-order chi connectivity index (χ1) is 14.1. The number of aryl methyl sites for hydroxylation is 1. The highest BCUT2D eigenvalue weighted by Crippen LogP contribution is 2.44. The van der Waals surface area contributed by atoms with Gasteiger partial charge in [0.1, 0.15) is 6.10 Å². The van der Waals surface area contributed by atoms with Crippen molar-refractivity contribution in [2.24, 2.45) is 12.0 Å². The average Bonchev–Trinajstić information content (AvgIpc) is 3.14. The monoisotopic (exact) mass is 415 g/mol. The molecule has 7 heteroatoms. The van der Waals surface area contributed by atoms with Crippen LogP contribution in [0.25, 0.3) is 0 Å². The van der Waals surface area contributed by atoms with E-state index in [9.17, 15) is 0 Å². The number of hydrogen-bond acceptors (Lipinski definition) is 3. The summed E-state index contributed by atoms with van der Waals surface area (Å²) in [5, 5.41) is 8.56. The van der Waals surface area contributed by atoms with Crippen LogP contribution < -0.4 is 5.32 Å². The minimum atomic E-state index is 0.0234. The summed E-state index contributed by atoms with van der Waals surface area (Å²) >= 11 is 6.10. The van der Waals surface area contributed by atoms with Gasteiger partial charge in [-0.1, -0.05) is 30.2 Å². The Bertz CT molecular complexity index is 843. The Hall–Kier alpha value is -2.05. The largest absolute Gasteiger partial charge is 0.370 e. The molecule has 2 fully saturated rings. The average molecular weight is 416 g/mol. The standard InChI is InChI=1S/C22H30ClN5O/c1-3-24-21(28-11-12-29-20(15-28)17-13-26-27(2)14-17)25-16-22(9-4-10-22)18-5-7-19(23)8-6-18/h5-8,13-14,20H,3-4,9-12,15-16H2,1-2H3,(H,24,25). The van der Waals surface area contributed by atoms with Gasteiger partial charge in [-0.15, -0.1) is 0 Å². The first kappa shape index (κ1) is 20.2. The van der Waals surface area contributed by atoms with Crippen molar-refractivity contribution in [2.45, 2.75) is 37.7 Å². The molecular weight excluding hydrogens is 386 g/mol. The molecule has 1 atom stereocenters. The Morgan fingerprint density at radius 1 is 1.34 bits per heavy atom. The van der Waals surface area contributed by atoms with E-state index in [1.54, 1.807) is 0 Å². The molecular formula is C22H30ClN5O. The fourth-order valence-electron chi connectivity index (χ4n) is 4.25. The summed E-state index contributed by atoms with van der Waals surface area (Å²) in [6.45, 7) is 6.08. The number of rotatable bonds is 5. The molecule has 1 unspecified atom stereocenters. The number of nitrogens with one attached hydrogen (secondary N) is 1. The van der Waals surface area contributed by atoms with Crippen LogP contribution in [0.2, 0.25) is 5.02 Å². The number of morpholine rings is 1. The summed E-state index contributed by atoms with van der Waals surface area (Å²) in [5.41, 5.74) is 2.60. The number of ether oxygens (including phenoxy) is 1. The third-order valence-electron chi connectivity index (χ3n) is 6.10. The first-order valence-electron chi connectivity index (χ1n) is 10.5. The Morgan fingerprint density at radius 2 is 2.14 bits per heavy atom. The zero-order chi connectivity index (χ0) is 20.3. The topological polar surface area (TPSA) is 54.7 Å². The zero-order valence-electron chi connectivity index (χ0n) is 17.3. The molecule has 1 aliphatic carbocycles. The summed E-state index contributed by atoms with van der Waals surface area (Å²) in [6, 6.07) is 8.31. The third-order valence-corrected chi connectivity index (χ3v) is 6.35. The smallest absolute Gasteiger partial charge is 0.194 e. The van der Waals surface area contributed by atoms with Crippen LogP contribution in [0.5, 0.6) is 0 Å². The van der Waals surface area contributed by atoms with Gasteiger partial charge >= 0.3 is 0 Å². The van der Waals surface area contributed by atoms with Crippen molar-refractivity contribution in [2.75, 3.05) is 32.8 Å². The van der Waals surface area contributed by atoms with Gasteiger partial charge in [-0.05, 0) is 37.5 Å². The second-order valence-corrected chi connectivity index (χ2v) is 8.50. The summed E-state index contributed by atoms with van der Waals surface area (Å²) in [5.74, 6) is 0.977. The quantitative estimate of drug-likeness (QED) is 0.599. The molecule has 156 valence electrons. The van der Waals surface area contributed by atoms with E-state index >= 15 is 0 Å². The fraction of sp³-hybridized carbons (Fsp3) is 0.545. The molecule has 0 amide bonds. The van der Waals surface area contributed by atoms with Crippen molar-refractivity contribution in [3.8, 4) is 0 Å². The molecule has 4 rings (SSSR count). The van der Waals surface area contributed by atoms with Gasteiger partial charge < -0.3 is 15.0 Å². The highest BCUT2D eigenvalue weighted by atomic mass is 35.5. The predicted molar refractivity (Wildman–Crippen MR) is 116 cm³/mol. The molecule has 0 spiro atoms. The van der Waals surface area contributed by atoms with Crippen molar-refractivity contribution < 1.29 is 4.74 Å². The van der Waals surface area contributed by atoms with Gasteiger partial charge in [0.05, 0.1) is 25.9 Å². The lowest BCUT2D eigenvalue weighted by Gasteiger charge is -2.42. The van der Waals surface area contributed by atoms with E-state index in [-0.39, 0.29) is 11.5 Å². The highest BCUT2D eigenvalue weighted by molar-refractivity contribution is 6.30. The van der Waals surface area contributed by atoms with Gasteiger partial charge in [0.25, 0.3) is 0 Å². The molecule has 1 aliphatic heterocycles. The van der Waals surface area contributed by atoms with Crippen LogP contribution in [0.4, 0.5) is 0 Å². The summed E-state index contributed by atoms with van der Waals surface area (Å²) in [7, 11) is 1.93. The van der Waals surface area contributed by atoms with Gasteiger partial charge in [-0.25, -0.2) is 0 Å². The lowest BCUT2D eigenvalue weighted by Crippen LogP contribution is -2.49. The minimum Gasteiger partial charge on any atom is -0.370 e. The molecule has 2 aromatic rings. The zero-order valence-corrected chi connectivity index (χ0v) is 18.0. The maximum Gasteiger partial charge on any atom is 0.194 e. The SMILES string of the molecule is CCNC(=NCC1(c2ccc(Cl)cc2)CCC1)N1CCOC(c2cnn(C)c2)C1. The van der Waals surface area contributed by atoms with Gasteiger partial charge in [-0.3, -0.25) is 9.67 Å². The van der Waals surface area contributed by atoms with Crippen LogP contribution in [0.15, 0.2) is 41.7 Å². The molecule has 2 aliphatic rings. The molecule has 6 nitrogen and oxygen atoms in total. The van der Waals surface area contributed by atoms with Crippen molar-refractivity contribution in [1.29, 1.82) is 0 Å². The van der Waals surface area contributed by atoms with Crippen LogP contribution in [-0.4, -0.2) is 53.4 Å². The second-order valence-electron chi connectivity index (χ2n) is 8.06. The Labute approximate surface area is 177 Å². The summed E-state index contributed by atoms with van der Waals surface area (Å²) < 4.78 is 7.83. The van der Waals surface area contributed by atoms with Crippen LogP contribution in [0.3, 0.4) is 0 Å². The lowest BCUT2D eigenvalue weighted by molar-refractivity contribution is -0.00810. The molecule has 1 saturated heterocycles. The molecule has 1 N–H and O–H groups in total. The number of guanidine groups is 1.